The molecule has 0 aliphatic carbocycles. The second-order valence-electron chi connectivity index (χ2n) is 5.67. The highest BCUT2D eigenvalue weighted by molar-refractivity contribution is 5.95. The van der Waals surface area contributed by atoms with E-state index in [0.29, 0.717) is 17.2 Å². The van der Waals surface area contributed by atoms with Crippen molar-refractivity contribution >= 4 is 5.84 Å². The number of rotatable bonds is 3. The first-order valence-corrected chi connectivity index (χ1v) is 6.45. The maximum atomic E-state index is 7.40. The smallest absolute Gasteiger partial charge is 0.219 e. The van der Waals surface area contributed by atoms with E-state index in [1.165, 1.54) is 5.56 Å². The standard InChI is InChI=1S/C16H19N3O/c1-16(2,3)12-4-6-13(7-5-12)20-14-10-11(15(17)18)8-9-19-14/h4-10H,1-3H3,(H3,17,18). The molecule has 4 nitrogen and oxygen atoms in total. The van der Waals surface area contributed by atoms with Crippen molar-refractivity contribution in [3.8, 4) is 11.6 Å². The van der Waals surface area contributed by atoms with E-state index in [9.17, 15) is 0 Å². The zero-order valence-electron chi connectivity index (χ0n) is 12.0. The molecule has 1 heterocycles. The number of amidine groups is 1. The van der Waals surface area contributed by atoms with Gasteiger partial charge in [0.1, 0.15) is 11.6 Å². The second kappa shape index (κ2) is 5.33. The van der Waals surface area contributed by atoms with Gasteiger partial charge in [0.05, 0.1) is 0 Å². The van der Waals surface area contributed by atoms with Gasteiger partial charge in [0.15, 0.2) is 0 Å². The van der Waals surface area contributed by atoms with Crippen LogP contribution in [0.4, 0.5) is 0 Å². The zero-order valence-corrected chi connectivity index (χ0v) is 12.0. The van der Waals surface area contributed by atoms with Crippen molar-refractivity contribution in [3.05, 3.63) is 53.7 Å². The van der Waals surface area contributed by atoms with Gasteiger partial charge in [-0.2, -0.15) is 0 Å². The lowest BCUT2D eigenvalue weighted by Crippen LogP contribution is -2.11. The molecule has 0 radical (unpaired) electrons. The molecule has 0 bridgehead atoms. The minimum Gasteiger partial charge on any atom is -0.439 e. The molecule has 4 heteroatoms. The van der Waals surface area contributed by atoms with Crippen LogP contribution in [-0.2, 0) is 5.41 Å². The van der Waals surface area contributed by atoms with Crippen LogP contribution in [0.5, 0.6) is 11.6 Å². The quantitative estimate of drug-likeness (QED) is 0.662. The van der Waals surface area contributed by atoms with Gasteiger partial charge >= 0.3 is 0 Å². The molecule has 0 aliphatic rings. The molecule has 0 amide bonds. The highest BCUT2D eigenvalue weighted by atomic mass is 16.5. The second-order valence-corrected chi connectivity index (χ2v) is 5.67. The van der Waals surface area contributed by atoms with Crippen LogP contribution in [0.2, 0.25) is 0 Å². The topological polar surface area (TPSA) is 72.0 Å². The van der Waals surface area contributed by atoms with Gasteiger partial charge in [0.2, 0.25) is 5.88 Å². The number of benzene rings is 1. The number of nitrogen functional groups attached to an aromatic ring is 1. The molecule has 1 aromatic carbocycles. The molecule has 0 atom stereocenters. The van der Waals surface area contributed by atoms with Gasteiger partial charge in [-0.05, 0) is 29.2 Å². The lowest BCUT2D eigenvalue weighted by Gasteiger charge is -2.19. The van der Waals surface area contributed by atoms with Gasteiger partial charge in [-0.1, -0.05) is 32.9 Å². The lowest BCUT2D eigenvalue weighted by molar-refractivity contribution is 0.462. The number of pyridine rings is 1. The molecule has 2 rings (SSSR count). The van der Waals surface area contributed by atoms with E-state index in [1.807, 2.05) is 24.3 Å². The zero-order chi connectivity index (χ0) is 14.8. The predicted molar refractivity (Wildman–Crippen MR) is 80.5 cm³/mol. The third-order valence-electron chi connectivity index (χ3n) is 2.99. The molecule has 3 N–H and O–H groups in total. The summed E-state index contributed by atoms with van der Waals surface area (Å²) in [7, 11) is 0. The van der Waals surface area contributed by atoms with E-state index in [-0.39, 0.29) is 11.3 Å². The molecule has 1 aromatic heterocycles. The Bertz CT molecular complexity index is 612. The summed E-state index contributed by atoms with van der Waals surface area (Å²) in [6.07, 6.45) is 1.58. The van der Waals surface area contributed by atoms with Crippen molar-refractivity contribution in [1.82, 2.24) is 4.98 Å². The maximum absolute atomic E-state index is 7.40. The third kappa shape index (κ3) is 3.35. The summed E-state index contributed by atoms with van der Waals surface area (Å²) in [5.41, 5.74) is 7.40. The minimum absolute atomic E-state index is 0.000306. The Hall–Kier alpha value is -2.36. The summed E-state index contributed by atoms with van der Waals surface area (Å²) in [6.45, 7) is 6.50. The maximum Gasteiger partial charge on any atom is 0.219 e. The Morgan fingerprint density at radius 2 is 1.80 bits per heavy atom. The number of hydrogen-bond donors (Lipinski definition) is 2. The molecular formula is C16H19N3O. The highest BCUT2D eigenvalue weighted by Gasteiger charge is 2.13. The van der Waals surface area contributed by atoms with E-state index in [1.54, 1.807) is 18.3 Å². The van der Waals surface area contributed by atoms with Crippen LogP contribution in [0.15, 0.2) is 42.6 Å². The number of nitrogens with zero attached hydrogens (tertiary/aromatic N) is 1. The van der Waals surface area contributed by atoms with Gasteiger partial charge in [-0.25, -0.2) is 4.98 Å². The number of aromatic nitrogens is 1. The van der Waals surface area contributed by atoms with E-state index in [2.05, 4.69) is 25.8 Å². The summed E-state index contributed by atoms with van der Waals surface area (Å²) in [5.74, 6) is 1.15. The molecule has 0 aliphatic heterocycles. The van der Waals surface area contributed by atoms with Crippen molar-refractivity contribution in [3.63, 3.8) is 0 Å². The van der Waals surface area contributed by atoms with Crippen LogP contribution in [0.25, 0.3) is 0 Å². The largest absolute Gasteiger partial charge is 0.439 e. The molecule has 0 fully saturated rings. The average molecular weight is 269 g/mol. The summed E-state index contributed by atoms with van der Waals surface area (Å²) in [4.78, 5) is 4.11. The molecular weight excluding hydrogens is 250 g/mol. The van der Waals surface area contributed by atoms with Gasteiger partial charge < -0.3 is 10.5 Å². The fraction of sp³-hybridized carbons (Fsp3) is 0.250. The van der Waals surface area contributed by atoms with Crippen LogP contribution >= 0.6 is 0 Å². The Labute approximate surface area is 119 Å². The molecule has 0 unspecified atom stereocenters. The number of ether oxygens (including phenoxy) is 1. The number of nitrogens with one attached hydrogen (secondary N) is 1. The molecule has 20 heavy (non-hydrogen) atoms. The van der Waals surface area contributed by atoms with Gasteiger partial charge in [-0.15, -0.1) is 0 Å². The third-order valence-corrected chi connectivity index (χ3v) is 2.99. The van der Waals surface area contributed by atoms with Crippen molar-refractivity contribution in [2.24, 2.45) is 5.73 Å². The van der Waals surface area contributed by atoms with Crippen molar-refractivity contribution in [1.29, 1.82) is 5.41 Å². The minimum atomic E-state index is 0.000306. The van der Waals surface area contributed by atoms with Crippen LogP contribution in [0.3, 0.4) is 0 Å². The first kappa shape index (κ1) is 14.1. The molecule has 0 saturated carbocycles. The normalized spacial score (nSPS) is 11.2. The Kier molecular flexibility index (Phi) is 3.74. The lowest BCUT2D eigenvalue weighted by atomic mass is 9.87. The van der Waals surface area contributed by atoms with Crippen LogP contribution in [0.1, 0.15) is 31.9 Å². The summed E-state index contributed by atoms with van der Waals surface area (Å²) in [5, 5.41) is 7.40. The average Bonchev–Trinajstić information content (AvgIpc) is 2.38. The first-order valence-electron chi connectivity index (χ1n) is 6.45. The fourth-order valence-electron chi connectivity index (χ4n) is 1.78. The van der Waals surface area contributed by atoms with Gasteiger partial charge in [-0.3, -0.25) is 5.41 Å². The molecule has 2 aromatic rings. The first-order chi connectivity index (χ1) is 9.36. The predicted octanol–water partition coefficient (Wildman–Crippen LogP) is 3.46. The summed E-state index contributed by atoms with van der Waals surface area (Å²) < 4.78 is 5.67. The Morgan fingerprint density at radius 1 is 1.15 bits per heavy atom. The van der Waals surface area contributed by atoms with Crippen molar-refractivity contribution < 1.29 is 4.74 Å². The Balaban J connectivity index is 2.18. The van der Waals surface area contributed by atoms with Crippen LogP contribution in [-0.4, -0.2) is 10.8 Å². The van der Waals surface area contributed by atoms with E-state index in [4.69, 9.17) is 15.9 Å². The number of nitrogens with two attached hydrogens (primary N) is 1. The summed E-state index contributed by atoms with van der Waals surface area (Å²) >= 11 is 0. The van der Waals surface area contributed by atoms with Crippen molar-refractivity contribution in [2.75, 3.05) is 0 Å². The summed E-state index contributed by atoms with van der Waals surface area (Å²) in [6, 6.07) is 11.3. The fourth-order valence-corrected chi connectivity index (χ4v) is 1.78. The highest BCUT2D eigenvalue weighted by Crippen LogP contribution is 2.26. The van der Waals surface area contributed by atoms with E-state index in [0.717, 1.165) is 0 Å². The molecule has 104 valence electrons. The van der Waals surface area contributed by atoms with Crippen LogP contribution < -0.4 is 10.5 Å². The number of hydrogen-bond acceptors (Lipinski definition) is 3. The van der Waals surface area contributed by atoms with Gasteiger partial charge in [0.25, 0.3) is 0 Å². The Morgan fingerprint density at radius 3 is 2.35 bits per heavy atom. The van der Waals surface area contributed by atoms with Crippen LogP contribution in [0, 0.1) is 5.41 Å². The van der Waals surface area contributed by atoms with E-state index >= 15 is 0 Å². The molecule has 0 spiro atoms. The SMILES string of the molecule is CC(C)(C)c1ccc(Oc2cc(C(=N)N)ccn2)cc1. The monoisotopic (exact) mass is 269 g/mol. The van der Waals surface area contributed by atoms with E-state index < -0.39 is 0 Å². The van der Waals surface area contributed by atoms with Gasteiger partial charge in [0, 0.05) is 17.8 Å². The molecule has 0 saturated heterocycles. The van der Waals surface area contributed by atoms with Crippen molar-refractivity contribution in [2.45, 2.75) is 26.2 Å².